The van der Waals surface area contributed by atoms with Crippen LogP contribution in [-0.2, 0) is 0 Å². The highest BCUT2D eigenvalue weighted by Gasteiger charge is 2.39. The molecule has 0 aliphatic carbocycles. The van der Waals surface area contributed by atoms with E-state index in [0.717, 1.165) is 18.4 Å². The lowest BCUT2D eigenvalue weighted by Crippen LogP contribution is -2.34. The minimum Gasteiger partial charge on any atom is -0.366 e. The molecule has 7 nitrogen and oxygen atoms in total. The Bertz CT molecular complexity index is 1110. The second-order valence-corrected chi connectivity index (χ2v) is 7.61. The Kier molecular flexibility index (Phi) is 5.34. The van der Waals surface area contributed by atoms with E-state index in [4.69, 9.17) is 23.2 Å². The number of anilines is 1. The molecule has 0 bridgehead atoms. The van der Waals surface area contributed by atoms with Gasteiger partial charge in [0, 0.05) is 6.54 Å². The maximum atomic E-state index is 12.2. The minimum absolute atomic E-state index is 0.0326. The summed E-state index contributed by atoms with van der Waals surface area (Å²) in [5.74, 6) is 0.856. The van der Waals surface area contributed by atoms with E-state index in [1.54, 1.807) is 16.7 Å². The standard InChI is InChI=1S/C20H19Cl2N5O2/c1-2-3-9-23-19-18(27(28)29)17(12-7-5-4-6-8-12)26-16-11-14(22)13(21)10-15(16)24-20(26)25-19/h4-8,10-11,17,23H,2-3,9H2,1H3,(H,24,25). The van der Waals surface area contributed by atoms with Crippen molar-refractivity contribution >= 4 is 40.2 Å². The number of hydrogen-bond donors (Lipinski definition) is 2. The van der Waals surface area contributed by atoms with Gasteiger partial charge in [0.2, 0.25) is 5.95 Å². The number of nitro groups is 1. The van der Waals surface area contributed by atoms with Crippen LogP contribution in [0.4, 0.5) is 5.95 Å². The molecular formula is C20H19Cl2N5O2. The molecule has 0 fully saturated rings. The molecule has 0 saturated heterocycles. The summed E-state index contributed by atoms with van der Waals surface area (Å²) in [7, 11) is 0. The highest BCUT2D eigenvalue weighted by molar-refractivity contribution is 6.42. The fraction of sp³-hybridized carbons (Fsp3) is 0.250. The second-order valence-electron chi connectivity index (χ2n) is 6.80. The molecule has 2 heterocycles. The fourth-order valence-corrected chi connectivity index (χ4v) is 3.85. The highest BCUT2D eigenvalue weighted by atomic mass is 35.5. The Labute approximate surface area is 177 Å². The highest BCUT2D eigenvalue weighted by Crippen LogP contribution is 2.40. The van der Waals surface area contributed by atoms with E-state index in [1.165, 1.54) is 0 Å². The van der Waals surface area contributed by atoms with Crippen molar-refractivity contribution in [2.45, 2.75) is 25.8 Å². The molecule has 1 aliphatic heterocycles. The summed E-state index contributed by atoms with van der Waals surface area (Å²) in [4.78, 5) is 16.4. The average molecular weight is 432 g/mol. The van der Waals surface area contributed by atoms with E-state index in [2.05, 4.69) is 22.5 Å². The lowest BCUT2D eigenvalue weighted by molar-refractivity contribution is -0.432. The van der Waals surface area contributed by atoms with Crippen LogP contribution >= 0.6 is 23.2 Å². The quantitative estimate of drug-likeness (QED) is 0.318. The summed E-state index contributed by atoms with van der Waals surface area (Å²) in [6.45, 7) is 2.69. The molecule has 0 amide bonds. The smallest absolute Gasteiger partial charge is 0.313 e. The average Bonchev–Trinajstić information content (AvgIpc) is 3.04. The number of hydrogen-bond acceptors (Lipinski definition) is 5. The summed E-state index contributed by atoms with van der Waals surface area (Å²) < 4.78 is 1.80. The molecule has 2 aromatic carbocycles. The summed E-state index contributed by atoms with van der Waals surface area (Å²) in [5, 5.41) is 19.2. The van der Waals surface area contributed by atoms with Gasteiger partial charge in [0.25, 0.3) is 0 Å². The van der Waals surface area contributed by atoms with Crippen molar-refractivity contribution in [1.29, 1.82) is 0 Å². The maximum absolute atomic E-state index is 12.2. The molecule has 1 unspecified atom stereocenters. The van der Waals surface area contributed by atoms with Gasteiger partial charge in [-0.05, 0) is 24.1 Å². The fourth-order valence-electron chi connectivity index (χ4n) is 3.53. The van der Waals surface area contributed by atoms with Crippen molar-refractivity contribution in [1.82, 2.24) is 14.9 Å². The van der Waals surface area contributed by atoms with Crippen LogP contribution in [-0.4, -0.2) is 21.0 Å². The molecule has 0 saturated carbocycles. The third-order valence-corrected chi connectivity index (χ3v) is 5.61. The minimum atomic E-state index is -0.672. The Morgan fingerprint density at radius 3 is 2.66 bits per heavy atom. The topological polar surface area (TPSA) is 85.0 Å². The zero-order valence-corrected chi connectivity index (χ0v) is 17.2. The lowest BCUT2D eigenvalue weighted by Gasteiger charge is -2.27. The summed E-state index contributed by atoms with van der Waals surface area (Å²) >= 11 is 12.4. The van der Waals surface area contributed by atoms with E-state index < -0.39 is 6.04 Å². The van der Waals surface area contributed by atoms with Crippen LogP contribution in [0.2, 0.25) is 10.0 Å². The molecule has 3 aromatic rings. The zero-order chi connectivity index (χ0) is 20.5. The monoisotopic (exact) mass is 431 g/mol. The molecule has 1 atom stereocenters. The normalized spacial score (nSPS) is 15.9. The first kappa shape index (κ1) is 19.5. The number of imidazole rings is 1. The molecule has 9 heteroatoms. The van der Waals surface area contributed by atoms with Gasteiger partial charge in [-0.2, -0.15) is 0 Å². The Morgan fingerprint density at radius 2 is 1.97 bits per heavy atom. The van der Waals surface area contributed by atoms with E-state index in [1.807, 2.05) is 30.3 Å². The molecule has 0 radical (unpaired) electrons. The van der Waals surface area contributed by atoms with Crippen molar-refractivity contribution < 1.29 is 4.92 Å². The molecule has 4 rings (SSSR count). The number of nitrogens with one attached hydrogen (secondary N) is 2. The van der Waals surface area contributed by atoms with E-state index in [0.29, 0.717) is 39.4 Å². The van der Waals surface area contributed by atoms with Crippen LogP contribution in [0.25, 0.3) is 11.0 Å². The third kappa shape index (κ3) is 3.52. The van der Waals surface area contributed by atoms with Crippen LogP contribution in [0.3, 0.4) is 0 Å². The van der Waals surface area contributed by atoms with Crippen LogP contribution in [0.15, 0.2) is 54.0 Å². The summed E-state index contributed by atoms with van der Waals surface area (Å²) in [6, 6.07) is 12.0. The van der Waals surface area contributed by atoms with Crippen LogP contribution in [0.1, 0.15) is 31.4 Å². The SMILES string of the molecule is CCCCNC1=C([N+](=O)[O-])C(c2ccccc2)n2c(nc3cc(Cl)c(Cl)cc32)N1. The number of rotatable bonds is 6. The zero-order valence-electron chi connectivity index (χ0n) is 15.7. The lowest BCUT2D eigenvalue weighted by atomic mass is 10.0. The van der Waals surface area contributed by atoms with Crippen LogP contribution in [0, 0.1) is 10.1 Å². The number of aromatic nitrogens is 2. The van der Waals surface area contributed by atoms with Gasteiger partial charge in [-0.3, -0.25) is 14.7 Å². The van der Waals surface area contributed by atoms with Gasteiger partial charge >= 0.3 is 5.70 Å². The number of allylic oxidation sites excluding steroid dienone is 1. The maximum Gasteiger partial charge on any atom is 0.313 e. The summed E-state index contributed by atoms with van der Waals surface area (Å²) in [5.41, 5.74) is 2.09. The Balaban J connectivity index is 1.96. The van der Waals surface area contributed by atoms with Crippen molar-refractivity contribution in [3.05, 3.63) is 79.7 Å². The number of benzene rings is 2. The van der Waals surface area contributed by atoms with Gasteiger partial charge in [-0.15, -0.1) is 0 Å². The first-order chi connectivity index (χ1) is 14.0. The van der Waals surface area contributed by atoms with Crippen LogP contribution < -0.4 is 10.6 Å². The largest absolute Gasteiger partial charge is 0.366 e. The molecule has 0 spiro atoms. The first-order valence-corrected chi connectivity index (χ1v) is 10.1. The van der Waals surface area contributed by atoms with Gasteiger partial charge in [-0.25, -0.2) is 4.98 Å². The number of nitrogens with zero attached hydrogens (tertiary/aromatic N) is 3. The molecule has 150 valence electrons. The van der Waals surface area contributed by atoms with Gasteiger partial charge in [0.05, 0.1) is 26.0 Å². The van der Waals surface area contributed by atoms with Crippen molar-refractivity contribution in [2.24, 2.45) is 0 Å². The van der Waals surface area contributed by atoms with E-state index >= 15 is 0 Å². The Hall–Kier alpha value is -2.77. The van der Waals surface area contributed by atoms with Crippen molar-refractivity contribution in [2.75, 3.05) is 11.9 Å². The van der Waals surface area contributed by atoms with Gasteiger partial charge in [0.15, 0.2) is 11.9 Å². The molecule has 29 heavy (non-hydrogen) atoms. The predicted molar refractivity (Wildman–Crippen MR) is 115 cm³/mol. The Morgan fingerprint density at radius 1 is 1.24 bits per heavy atom. The van der Waals surface area contributed by atoms with Gasteiger partial charge < -0.3 is 10.6 Å². The number of fused-ring (bicyclic) bond motifs is 3. The molecule has 2 N–H and O–H groups in total. The van der Waals surface area contributed by atoms with Crippen molar-refractivity contribution in [3.8, 4) is 0 Å². The molecule has 1 aromatic heterocycles. The van der Waals surface area contributed by atoms with Gasteiger partial charge in [0.1, 0.15) is 0 Å². The second kappa shape index (κ2) is 7.93. The van der Waals surface area contributed by atoms with E-state index in [-0.39, 0.29) is 10.6 Å². The van der Waals surface area contributed by atoms with Gasteiger partial charge in [-0.1, -0.05) is 66.9 Å². The van der Waals surface area contributed by atoms with E-state index in [9.17, 15) is 10.1 Å². The number of unbranched alkanes of at least 4 members (excludes halogenated alkanes) is 1. The van der Waals surface area contributed by atoms with Crippen LogP contribution in [0.5, 0.6) is 0 Å². The molecule has 1 aliphatic rings. The summed E-state index contributed by atoms with van der Waals surface area (Å²) in [6.07, 6.45) is 1.87. The number of halogens is 2. The first-order valence-electron chi connectivity index (χ1n) is 9.32. The third-order valence-electron chi connectivity index (χ3n) is 4.89. The molecular weight excluding hydrogens is 413 g/mol. The van der Waals surface area contributed by atoms with Crippen molar-refractivity contribution in [3.63, 3.8) is 0 Å². The predicted octanol–water partition coefficient (Wildman–Crippen LogP) is 5.19.